The average molecular weight is 576 g/mol. The SMILES string of the molecule is CCCCc1ccc(C(=O)N2CCOc3cc(ccc3OC)-c3nccn3CCNC(=O)[C@@H](C(C)C)NC(=O)C2)cc1. The van der Waals surface area contributed by atoms with Gasteiger partial charge in [0.2, 0.25) is 11.8 Å². The van der Waals surface area contributed by atoms with E-state index in [9.17, 15) is 14.4 Å². The molecule has 0 saturated carbocycles. The minimum Gasteiger partial charge on any atom is -0.493 e. The van der Waals surface area contributed by atoms with Crippen LogP contribution >= 0.6 is 0 Å². The Hall–Kier alpha value is -4.34. The number of fused-ring (bicyclic) bond motifs is 4. The van der Waals surface area contributed by atoms with E-state index in [1.165, 1.54) is 4.90 Å². The number of amides is 3. The summed E-state index contributed by atoms with van der Waals surface area (Å²) in [6.07, 6.45) is 6.67. The van der Waals surface area contributed by atoms with Crippen molar-refractivity contribution in [3.63, 3.8) is 0 Å². The van der Waals surface area contributed by atoms with Gasteiger partial charge in [-0.25, -0.2) is 4.98 Å². The van der Waals surface area contributed by atoms with Crippen molar-refractivity contribution < 1.29 is 23.9 Å². The van der Waals surface area contributed by atoms with Crippen LogP contribution in [-0.2, 0) is 22.6 Å². The Morgan fingerprint density at radius 1 is 1.14 bits per heavy atom. The first-order valence-electron chi connectivity index (χ1n) is 14.6. The lowest BCUT2D eigenvalue weighted by Crippen LogP contribution is -2.53. The van der Waals surface area contributed by atoms with Crippen molar-refractivity contribution in [3.05, 3.63) is 66.0 Å². The first-order valence-corrected chi connectivity index (χ1v) is 14.6. The summed E-state index contributed by atoms with van der Waals surface area (Å²) < 4.78 is 13.6. The lowest BCUT2D eigenvalue weighted by Gasteiger charge is -2.26. The number of nitrogens with zero attached hydrogens (tertiary/aromatic N) is 3. The molecule has 42 heavy (non-hydrogen) atoms. The van der Waals surface area contributed by atoms with E-state index in [-0.39, 0.29) is 37.4 Å². The van der Waals surface area contributed by atoms with Crippen LogP contribution in [0.4, 0.5) is 0 Å². The smallest absolute Gasteiger partial charge is 0.254 e. The highest BCUT2D eigenvalue weighted by Crippen LogP contribution is 2.32. The zero-order valence-electron chi connectivity index (χ0n) is 24.9. The summed E-state index contributed by atoms with van der Waals surface area (Å²) in [6, 6.07) is 12.3. The molecular weight excluding hydrogens is 534 g/mol. The molecule has 2 bridgehead atoms. The van der Waals surface area contributed by atoms with Gasteiger partial charge in [-0.05, 0) is 54.7 Å². The highest BCUT2D eigenvalue weighted by Gasteiger charge is 2.27. The number of hydrogen-bond acceptors (Lipinski definition) is 6. The normalized spacial score (nSPS) is 16.6. The lowest BCUT2D eigenvalue weighted by atomic mass is 10.0. The molecule has 4 rings (SSSR count). The minimum absolute atomic E-state index is 0.121. The van der Waals surface area contributed by atoms with E-state index in [2.05, 4.69) is 22.5 Å². The maximum Gasteiger partial charge on any atom is 0.254 e. The number of unbranched alkanes of at least 4 members (excludes halogenated alkanes) is 1. The molecule has 0 radical (unpaired) electrons. The number of aryl methyl sites for hydroxylation is 1. The van der Waals surface area contributed by atoms with E-state index in [0.29, 0.717) is 36.0 Å². The Morgan fingerprint density at radius 3 is 2.64 bits per heavy atom. The molecule has 1 atom stereocenters. The largest absolute Gasteiger partial charge is 0.493 e. The van der Waals surface area contributed by atoms with Gasteiger partial charge in [0.15, 0.2) is 11.5 Å². The van der Waals surface area contributed by atoms with Gasteiger partial charge in [0.1, 0.15) is 18.5 Å². The van der Waals surface area contributed by atoms with Gasteiger partial charge in [0, 0.05) is 36.6 Å². The van der Waals surface area contributed by atoms with Gasteiger partial charge in [-0.3, -0.25) is 14.4 Å². The number of carbonyl (C=O) groups is 3. The minimum atomic E-state index is -0.749. The predicted molar refractivity (Wildman–Crippen MR) is 160 cm³/mol. The molecule has 224 valence electrons. The molecule has 10 nitrogen and oxygen atoms in total. The molecular formula is C32H41N5O5. The van der Waals surface area contributed by atoms with Crippen LogP contribution < -0.4 is 20.1 Å². The number of carbonyl (C=O) groups excluding carboxylic acids is 3. The fraction of sp³-hybridized carbons (Fsp3) is 0.438. The summed E-state index contributed by atoms with van der Waals surface area (Å²) in [7, 11) is 1.57. The second-order valence-corrected chi connectivity index (χ2v) is 10.8. The molecule has 1 aromatic heterocycles. The van der Waals surface area contributed by atoms with Crippen molar-refractivity contribution in [1.29, 1.82) is 0 Å². The molecule has 1 aliphatic heterocycles. The van der Waals surface area contributed by atoms with Gasteiger partial charge in [-0.2, -0.15) is 0 Å². The Labute approximate surface area is 247 Å². The quantitative estimate of drug-likeness (QED) is 0.463. The Bertz CT molecular complexity index is 1370. The fourth-order valence-electron chi connectivity index (χ4n) is 4.91. The maximum atomic E-state index is 13.6. The molecule has 3 aromatic rings. The number of hydrogen-bond donors (Lipinski definition) is 2. The molecule has 0 fully saturated rings. The van der Waals surface area contributed by atoms with Crippen molar-refractivity contribution in [3.8, 4) is 22.9 Å². The van der Waals surface area contributed by atoms with Gasteiger partial charge in [0.25, 0.3) is 5.91 Å². The van der Waals surface area contributed by atoms with E-state index >= 15 is 0 Å². The van der Waals surface area contributed by atoms with Gasteiger partial charge in [0.05, 0.1) is 20.2 Å². The molecule has 0 spiro atoms. The summed E-state index contributed by atoms with van der Waals surface area (Å²) in [5.74, 6) is 0.615. The summed E-state index contributed by atoms with van der Waals surface area (Å²) in [5.41, 5.74) is 2.47. The molecule has 1 aliphatic rings. The molecule has 10 heteroatoms. The van der Waals surface area contributed by atoms with Crippen molar-refractivity contribution in [2.24, 2.45) is 5.92 Å². The topological polar surface area (TPSA) is 115 Å². The summed E-state index contributed by atoms with van der Waals surface area (Å²) in [4.78, 5) is 45.9. The standard InChI is InChI=1S/C32H41N5O5/c1-5-6-7-23-8-10-24(11-9-23)32(40)37-18-19-42-27-20-25(12-13-26(27)41-4)30-33-14-16-36(30)17-15-34-31(39)29(22(2)3)35-28(38)21-37/h8-14,16,20,22,29H,5-7,15,17-19,21H2,1-4H3,(H,34,39)(H,35,38)/t29-/m1/s1. The first-order chi connectivity index (χ1) is 20.3. The number of benzene rings is 2. The van der Waals surface area contributed by atoms with E-state index < -0.39 is 11.9 Å². The number of rotatable bonds is 6. The third kappa shape index (κ3) is 7.69. The van der Waals surface area contributed by atoms with E-state index in [1.807, 2.05) is 54.9 Å². The molecule has 3 amide bonds. The highest BCUT2D eigenvalue weighted by atomic mass is 16.5. The molecule has 2 N–H and O–H groups in total. The van der Waals surface area contributed by atoms with E-state index in [4.69, 9.17) is 9.47 Å². The zero-order chi connectivity index (χ0) is 30.1. The Kier molecular flexibility index (Phi) is 10.6. The van der Waals surface area contributed by atoms with Crippen LogP contribution in [0.5, 0.6) is 11.5 Å². The molecule has 0 unspecified atom stereocenters. The summed E-state index contributed by atoms with van der Waals surface area (Å²) in [5, 5.41) is 5.78. The van der Waals surface area contributed by atoms with Crippen LogP contribution in [0.3, 0.4) is 0 Å². The third-order valence-electron chi connectivity index (χ3n) is 7.32. The second-order valence-electron chi connectivity index (χ2n) is 10.8. The lowest BCUT2D eigenvalue weighted by molar-refractivity contribution is -0.130. The Balaban J connectivity index is 1.63. The van der Waals surface area contributed by atoms with Gasteiger partial charge < -0.3 is 29.6 Å². The Morgan fingerprint density at radius 2 is 1.93 bits per heavy atom. The fourth-order valence-corrected chi connectivity index (χ4v) is 4.91. The van der Waals surface area contributed by atoms with Crippen LogP contribution in [0, 0.1) is 5.92 Å². The first kappa shape index (κ1) is 30.6. The molecule has 2 aromatic carbocycles. The number of imidazole rings is 1. The third-order valence-corrected chi connectivity index (χ3v) is 7.32. The van der Waals surface area contributed by atoms with Crippen LogP contribution in [0.15, 0.2) is 54.9 Å². The van der Waals surface area contributed by atoms with Crippen LogP contribution in [0.25, 0.3) is 11.4 Å². The summed E-state index contributed by atoms with van der Waals surface area (Å²) >= 11 is 0. The van der Waals surface area contributed by atoms with Crippen molar-refractivity contribution in [1.82, 2.24) is 25.1 Å². The van der Waals surface area contributed by atoms with Crippen LogP contribution in [0.1, 0.15) is 49.5 Å². The van der Waals surface area contributed by atoms with E-state index in [1.54, 1.807) is 25.4 Å². The highest BCUT2D eigenvalue weighted by molar-refractivity contribution is 5.97. The monoisotopic (exact) mass is 575 g/mol. The van der Waals surface area contributed by atoms with Crippen LogP contribution in [-0.4, -0.2) is 71.6 Å². The van der Waals surface area contributed by atoms with Crippen molar-refractivity contribution in [2.45, 2.75) is 52.6 Å². The zero-order valence-corrected chi connectivity index (χ0v) is 24.9. The molecule has 0 saturated heterocycles. The summed E-state index contributed by atoms with van der Waals surface area (Å²) in [6.45, 7) is 6.77. The number of methoxy groups -OCH3 is 1. The predicted octanol–water partition coefficient (Wildman–Crippen LogP) is 3.69. The molecule has 0 aliphatic carbocycles. The van der Waals surface area contributed by atoms with E-state index in [0.717, 1.165) is 30.4 Å². The number of nitrogens with one attached hydrogen (secondary N) is 2. The van der Waals surface area contributed by atoms with Crippen molar-refractivity contribution >= 4 is 17.7 Å². The van der Waals surface area contributed by atoms with Gasteiger partial charge in [-0.1, -0.05) is 39.3 Å². The second kappa shape index (κ2) is 14.5. The number of aromatic nitrogens is 2. The maximum absolute atomic E-state index is 13.6. The van der Waals surface area contributed by atoms with Crippen molar-refractivity contribution in [2.75, 3.05) is 33.4 Å². The number of ether oxygens (including phenoxy) is 2. The van der Waals surface area contributed by atoms with Gasteiger partial charge >= 0.3 is 0 Å². The molecule has 2 heterocycles. The average Bonchev–Trinajstić information content (AvgIpc) is 3.46. The van der Waals surface area contributed by atoms with Crippen LogP contribution in [0.2, 0.25) is 0 Å². The van der Waals surface area contributed by atoms with Gasteiger partial charge in [-0.15, -0.1) is 0 Å².